The predicted octanol–water partition coefficient (Wildman–Crippen LogP) is 5.05. The van der Waals surface area contributed by atoms with Gasteiger partial charge in [0, 0.05) is 30.2 Å². The van der Waals surface area contributed by atoms with Crippen LogP contribution in [-0.2, 0) is 11.0 Å². The van der Waals surface area contributed by atoms with Crippen molar-refractivity contribution in [2.45, 2.75) is 38.4 Å². The van der Waals surface area contributed by atoms with Crippen molar-refractivity contribution in [1.82, 2.24) is 15.0 Å². The topological polar surface area (TPSA) is 91.2 Å². The molecule has 0 saturated carbocycles. The van der Waals surface area contributed by atoms with E-state index >= 15 is 0 Å². The molecule has 0 bridgehead atoms. The van der Waals surface area contributed by atoms with Crippen LogP contribution in [0, 0.1) is 6.92 Å². The Kier molecular flexibility index (Phi) is 6.17. The highest BCUT2D eigenvalue weighted by molar-refractivity contribution is 5.78. The Morgan fingerprint density at radius 3 is 2.64 bits per heavy atom. The Labute approximate surface area is 188 Å². The lowest BCUT2D eigenvalue weighted by molar-refractivity contribution is -0.141. The van der Waals surface area contributed by atoms with E-state index in [9.17, 15) is 23.1 Å². The molecule has 1 saturated heterocycles. The molecule has 7 nitrogen and oxygen atoms in total. The number of hydrogen-bond donors (Lipinski definition) is 2. The van der Waals surface area contributed by atoms with Crippen LogP contribution in [0.4, 0.5) is 30.6 Å². The second kappa shape index (κ2) is 9.05. The minimum absolute atomic E-state index is 0.153. The molecule has 1 aliphatic rings. The van der Waals surface area contributed by atoms with Crippen molar-refractivity contribution in [2.75, 3.05) is 16.8 Å². The van der Waals surface area contributed by atoms with E-state index in [1.165, 1.54) is 0 Å². The molecule has 1 atom stereocenters. The third-order valence-corrected chi connectivity index (χ3v) is 5.44. The van der Waals surface area contributed by atoms with Gasteiger partial charge in [0.2, 0.25) is 5.95 Å². The van der Waals surface area contributed by atoms with Gasteiger partial charge in [0.15, 0.2) is 0 Å². The monoisotopic (exact) mass is 457 g/mol. The maximum Gasteiger partial charge on any atom is 0.433 e. The molecular weight excluding hydrogens is 435 g/mol. The van der Waals surface area contributed by atoms with Gasteiger partial charge in [-0.15, -0.1) is 0 Å². The molecule has 4 rings (SSSR count). The number of benzene rings is 1. The summed E-state index contributed by atoms with van der Waals surface area (Å²) in [5, 5.41) is 12.3. The zero-order chi connectivity index (χ0) is 23.6. The van der Waals surface area contributed by atoms with Gasteiger partial charge in [-0.1, -0.05) is 6.07 Å². The Balaban J connectivity index is 1.57. The van der Waals surface area contributed by atoms with Crippen LogP contribution in [0.1, 0.15) is 30.5 Å². The first-order valence-electron chi connectivity index (χ1n) is 10.5. The van der Waals surface area contributed by atoms with Gasteiger partial charge in [0.1, 0.15) is 17.6 Å². The van der Waals surface area contributed by atoms with Gasteiger partial charge in [-0.2, -0.15) is 13.2 Å². The number of anilines is 3. The third kappa shape index (κ3) is 5.21. The molecule has 33 heavy (non-hydrogen) atoms. The third-order valence-electron chi connectivity index (χ3n) is 5.44. The van der Waals surface area contributed by atoms with Crippen LogP contribution in [0.5, 0.6) is 0 Å². The number of carbonyl (C=O) groups is 1. The van der Waals surface area contributed by atoms with E-state index < -0.39 is 23.9 Å². The fraction of sp³-hybridized carbons (Fsp3) is 0.304. The van der Waals surface area contributed by atoms with E-state index in [-0.39, 0.29) is 5.95 Å². The summed E-state index contributed by atoms with van der Waals surface area (Å²) in [6.45, 7) is 2.51. The van der Waals surface area contributed by atoms with E-state index in [0.717, 1.165) is 41.8 Å². The zero-order valence-electron chi connectivity index (χ0n) is 17.8. The fourth-order valence-electron chi connectivity index (χ4n) is 3.92. The Bertz CT molecular complexity index is 1150. The van der Waals surface area contributed by atoms with Crippen LogP contribution in [0.3, 0.4) is 0 Å². The highest BCUT2D eigenvalue weighted by Gasteiger charge is 2.33. The molecule has 1 fully saturated rings. The molecule has 1 aliphatic heterocycles. The molecule has 172 valence electrons. The number of carboxylic acids is 1. The first kappa shape index (κ1) is 22.5. The number of aryl methyl sites for hydroxylation is 1. The normalized spacial score (nSPS) is 16.5. The Morgan fingerprint density at radius 1 is 1.12 bits per heavy atom. The van der Waals surface area contributed by atoms with Crippen molar-refractivity contribution in [3.8, 4) is 11.1 Å². The van der Waals surface area contributed by atoms with Crippen molar-refractivity contribution < 1.29 is 23.1 Å². The van der Waals surface area contributed by atoms with Gasteiger partial charge < -0.3 is 15.3 Å². The number of hydrogen-bond acceptors (Lipinski definition) is 6. The predicted molar refractivity (Wildman–Crippen MR) is 117 cm³/mol. The summed E-state index contributed by atoms with van der Waals surface area (Å²) in [5.41, 5.74) is 1.99. The van der Waals surface area contributed by atoms with Crippen molar-refractivity contribution >= 4 is 23.4 Å². The lowest BCUT2D eigenvalue weighted by Gasteiger charge is -2.33. The molecule has 0 radical (unpaired) electrons. The molecule has 3 heterocycles. The average molecular weight is 457 g/mol. The number of halogens is 3. The Morgan fingerprint density at radius 2 is 1.94 bits per heavy atom. The Hall–Kier alpha value is -3.69. The second-order valence-electron chi connectivity index (χ2n) is 7.92. The summed E-state index contributed by atoms with van der Waals surface area (Å²) in [6, 6.07) is 9.36. The summed E-state index contributed by atoms with van der Waals surface area (Å²) >= 11 is 0. The van der Waals surface area contributed by atoms with Crippen molar-refractivity contribution in [1.29, 1.82) is 0 Å². The van der Waals surface area contributed by atoms with Crippen LogP contribution in [0.2, 0.25) is 0 Å². The standard InChI is InChI=1S/C23H22F3N5O2/c1-14-10-16(12-17(11-14)29-22-27-8-7-19(30-22)23(24,25)26)15-5-6-20(28-13-15)31-9-3-2-4-18(31)21(32)33/h5-8,10-13,18H,2-4,9H2,1H3,(H,32,33)(H,27,29,30)/t18-/m0/s1. The molecule has 2 aromatic heterocycles. The molecule has 2 N–H and O–H groups in total. The zero-order valence-corrected chi connectivity index (χ0v) is 17.8. The molecule has 0 aliphatic carbocycles. The van der Waals surface area contributed by atoms with Gasteiger partial charge in [-0.05, 0) is 67.6 Å². The number of aromatic nitrogens is 3. The summed E-state index contributed by atoms with van der Waals surface area (Å²) in [7, 11) is 0. The van der Waals surface area contributed by atoms with E-state index in [0.29, 0.717) is 24.5 Å². The fourth-order valence-corrected chi connectivity index (χ4v) is 3.92. The smallest absolute Gasteiger partial charge is 0.433 e. The first-order valence-corrected chi connectivity index (χ1v) is 10.5. The molecule has 10 heteroatoms. The number of nitrogens with zero attached hydrogens (tertiary/aromatic N) is 4. The quantitative estimate of drug-likeness (QED) is 0.554. The number of rotatable bonds is 5. The van der Waals surface area contributed by atoms with E-state index in [1.54, 1.807) is 24.4 Å². The van der Waals surface area contributed by atoms with E-state index in [1.807, 2.05) is 24.0 Å². The lowest BCUT2D eigenvalue weighted by Crippen LogP contribution is -2.45. The van der Waals surface area contributed by atoms with Crippen molar-refractivity contribution in [3.63, 3.8) is 0 Å². The van der Waals surface area contributed by atoms with E-state index in [4.69, 9.17) is 0 Å². The number of alkyl halides is 3. The van der Waals surface area contributed by atoms with Crippen molar-refractivity contribution in [2.24, 2.45) is 0 Å². The summed E-state index contributed by atoms with van der Waals surface area (Å²) in [4.78, 5) is 25.3. The molecule has 0 unspecified atom stereocenters. The van der Waals surface area contributed by atoms with Crippen molar-refractivity contribution in [3.05, 3.63) is 60.0 Å². The minimum Gasteiger partial charge on any atom is -0.480 e. The van der Waals surface area contributed by atoms with Gasteiger partial charge in [0.05, 0.1) is 0 Å². The molecule has 1 aromatic carbocycles. The van der Waals surface area contributed by atoms with Crippen LogP contribution in [-0.4, -0.2) is 38.6 Å². The number of aliphatic carboxylic acids is 1. The first-order chi connectivity index (χ1) is 15.7. The summed E-state index contributed by atoms with van der Waals surface area (Å²) < 4.78 is 38.8. The minimum atomic E-state index is -4.56. The SMILES string of the molecule is Cc1cc(Nc2nccc(C(F)(F)F)n2)cc(-c2ccc(N3CCCC[C@H]3C(=O)O)nc2)c1. The molecule has 3 aromatic rings. The van der Waals surface area contributed by atoms with Gasteiger partial charge in [-0.25, -0.2) is 19.7 Å². The lowest BCUT2D eigenvalue weighted by atomic mass is 10.0. The van der Waals surface area contributed by atoms with Crippen LogP contribution < -0.4 is 10.2 Å². The van der Waals surface area contributed by atoms with Crippen LogP contribution in [0.15, 0.2) is 48.8 Å². The number of carboxylic acid groups (broad SMARTS) is 1. The van der Waals surface area contributed by atoms with Gasteiger partial charge >= 0.3 is 12.1 Å². The molecule has 0 amide bonds. The van der Waals surface area contributed by atoms with E-state index in [2.05, 4.69) is 20.3 Å². The number of nitrogens with one attached hydrogen (secondary N) is 1. The largest absolute Gasteiger partial charge is 0.480 e. The maximum absolute atomic E-state index is 12.9. The number of piperidine rings is 1. The van der Waals surface area contributed by atoms with Crippen LogP contribution in [0.25, 0.3) is 11.1 Å². The van der Waals surface area contributed by atoms with Gasteiger partial charge in [-0.3, -0.25) is 0 Å². The van der Waals surface area contributed by atoms with Crippen LogP contribution >= 0.6 is 0 Å². The molecular formula is C23H22F3N5O2. The second-order valence-corrected chi connectivity index (χ2v) is 7.92. The summed E-state index contributed by atoms with van der Waals surface area (Å²) in [6.07, 6.45) is 0.546. The maximum atomic E-state index is 12.9. The summed E-state index contributed by atoms with van der Waals surface area (Å²) in [5.74, 6) is -0.402. The number of pyridine rings is 1. The van der Waals surface area contributed by atoms with Gasteiger partial charge in [0.25, 0.3) is 0 Å². The average Bonchev–Trinajstić information content (AvgIpc) is 2.78. The highest BCUT2D eigenvalue weighted by Crippen LogP contribution is 2.30. The highest BCUT2D eigenvalue weighted by atomic mass is 19.4. The molecule has 0 spiro atoms.